The van der Waals surface area contributed by atoms with Gasteiger partial charge in [0.15, 0.2) is 0 Å². The Hall–Kier alpha value is -1.39. The van der Waals surface area contributed by atoms with Crippen LogP contribution < -0.4 is 0 Å². The number of hydrogen-bond acceptors (Lipinski definition) is 1. The van der Waals surface area contributed by atoms with E-state index in [1.807, 2.05) is 36.4 Å². The fourth-order valence-electron chi connectivity index (χ4n) is 2.54. The predicted octanol–water partition coefficient (Wildman–Crippen LogP) is 4.83. The van der Waals surface area contributed by atoms with E-state index in [0.717, 1.165) is 25.5 Å². The quantitative estimate of drug-likeness (QED) is 0.637. The van der Waals surface area contributed by atoms with Crippen LogP contribution in [0.15, 0.2) is 60.7 Å². The van der Waals surface area contributed by atoms with Gasteiger partial charge in [-0.05, 0) is 57.0 Å². The van der Waals surface area contributed by atoms with E-state index in [-0.39, 0.29) is 0 Å². The Balaban J connectivity index is 2.18. The zero-order valence-corrected chi connectivity index (χ0v) is 13.3. The van der Waals surface area contributed by atoms with Crippen molar-refractivity contribution in [2.75, 3.05) is 0 Å². The number of aliphatic hydroxyl groups is 1. The van der Waals surface area contributed by atoms with E-state index in [0.29, 0.717) is 0 Å². The summed E-state index contributed by atoms with van der Waals surface area (Å²) in [6, 6.07) is 20.3. The lowest BCUT2D eigenvalue weighted by molar-refractivity contribution is 0.221. The van der Waals surface area contributed by atoms with Crippen LogP contribution in [0.4, 0.5) is 0 Å². The molecule has 0 aliphatic carbocycles. The van der Waals surface area contributed by atoms with Crippen LogP contribution in [0.25, 0.3) is 10.8 Å². The van der Waals surface area contributed by atoms with Gasteiger partial charge in [-0.15, -0.1) is 0 Å². The summed E-state index contributed by atoms with van der Waals surface area (Å²) >= 11 is 2.31. The molecule has 0 aromatic heterocycles. The molecule has 1 N–H and O–H groups in total. The molecule has 1 atom stereocenters. The van der Waals surface area contributed by atoms with E-state index in [4.69, 9.17) is 0 Å². The Morgan fingerprint density at radius 2 is 1.50 bits per heavy atom. The summed E-state index contributed by atoms with van der Waals surface area (Å²) in [6.45, 7) is 2.07. The van der Waals surface area contributed by atoms with Gasteiger partial charge in [-0.2, -0.15) is 0 Å². The molecule has 0 bridgehead atoms. The minimum absolute atomic E-state index is 0.590. The Labute approximate surface area is 132 Å². The molecule has 2 heteroatoms. The van der Waals surface area contributed by atoms with Crippen molar-refractivity contribution in [1.29, 1.82) is 0 Å². The number of fused-ring (bicyclic) bond motifs is 1. The van der Waals surface area contributed by atoms with Crippen LogP contribution in [0.5, 0.6) is 0 Å². The Morgan fingerprint density at radius 1 is 0.850 bits per heavy atom. The van der Waals surface area contributed by atoms with Crippen LogP contribution >= 0.6 is 22.6 Å². The summed E-state index contributed by atoms with van der Waals surface area (Å²) in [7, 11) is 0. The number of benzene rings is 3. The molecule has 0 amide bonds. The van der Waals surface area contributed by atoms with Crippen molar-refractivity contribution in [3.8, 4) is 0 Å². The minimum atomic E-state index is -0.590. The van der Waals surface area contributed by atoms with E-state index in [2.05, 4.69) is 53.8 Å². The van der Waals surface area contributed by atoms with Crippen LogP contribution in [0.3, 0.4) is 0 Å². The standard InChI is InChI=1S/C18H15IO/c1-12-6-4-11-16(17(12)19)18(20)15-10-5-8-13-7-2-3-9-14(13)15/h2-11,18,20H,1H3. The zero-order valence-electron chi connectivity index (χ0n) is 11.2. The maximum absolute atomic E-state index is 10.8. The fraction of sp³-hybridized carbons (Fsp3) is 0.111. The first kappa shape index (κ1) is 13.6. The van der Waals surface area contributed by atoms with Crippen LogP contribution in [0.1, 0.15) is 22.8 Å². The summed E-state index contributed by atoms with van der Waals surface area (Å²) in [5, 5.41) is 13.1. The first-order valence-corrected chi connectivity index (χ1v) is 7.67. The lowest BCUT2D eigenvalue weighted by Gasteiger charge is -2.16. The van der Waals surface area contributed by atoms with Gasteiger partial charge < -0.3 is 5.11 Å². The molecule has 100 valence electrons. The van der Waals surface area contributed by atoms with Gasteiger partial charge >= 0.3 is 0 Å². The molecule has 0 saturated carbocycles. The number of rotatable bonds is 2. The molecule has 0 saturated heterocycles. The molecule has 0 spiro atoms. The molecule has 0 aliphatic heterocycles. The molecule has 0 aliphatic rings. The molecule has 3 aromatic rings. The van der Waals surface area contributed by atoms with Crippen molar-refractivity contribution in [3.05, 3.63) is 80.9 Å². The van der Waals surface area contributed by atoms with Crippen molar-refractivity contribution in [3.63, 3.8) is 0 Å². The number of halogens is 1. The van der Waals surface area contributed by atoms with Gasteiger partial charge in [0.1, 0.15) is 6.10 Å². The van der Waals surface area contributed by atoms with Crippen molar-refractivity contribution in [1.82, 2.24) is 0 Å². The summed E-state index contributed by atoms with van der Waals surface area (Å²) < 4.78 is 1.13. The Bertz CT molecular complexity index is 759. The normalized spacial score (nSPS) is 12.6. The SMILES string of the molecule is Cc1cccc(C(O)c2cccc3ccccc23)c1I. The molecule has 0 radical (unpaired) electrons. The Kier molecular flexibility index (Phi) is 3.76. The van der Waals surface area contributed by atoms with Crippen LogP contribution in [0.2, 0.25) is 0 Å². The molecule has 1 unspecified atom stereocenters. The summed E-state index contributed by atoms with van der Waals surface area (Å²) in [4.78, 5) is 0. The first-order chi connectivity index (χ1) is 9.68. The second kappa shape index (κ2) is 5.54. The Morgan fingerprint density at radius 3 is 2.35 bits per heavy atom. The van der Waals surface area contributed by atoms with E-state index in [1.165, 1.54) is 5.56 Å². The second-order valence-electron chi connectivity index (χ2n) is 4.95. The van der Waals surface area contributed by atoms with Gasteiger partial charge in [-0.25, -0.2) is 0 Å². The lowest BCUT2D eigenvalue weighted by Crippen LogP contribution is -2.03. The molecule has 1 nitrogen and oxygen atoms in total. The molecule has 0 heterocycles. The molecular weight excluding hydrogens is 359 g/mol. The zero-order chi connectivity index (χ0) is 14.1. The third-order valence-corrected chi connectivity index (χ3v) is 5.11. The highest BCUT2D eigenvalue weighted by atomic mass is 127. The van der Waals surface area contributed by atoms with Crippen LogP contribution in [0, 0.1) is 10.5 Å². The molecule has 3 aromatic carbocycles. The van der Waals surface area contributed by atoms with Gasteiger partial charge in [0.05, 0.1) is 0 Å². The van der Waals surface area contributed by atoms with Crippen LogP contribution in [-0.2, 0) is 0 Å². The molecule has 0 fully saturated rings. The smallest absolute Gasteiger partial charge is 0.106 e. The monoisotopic (exact) mass is 374 g/mol. The highest BCUT2D eigenvalue weighted by Gasteiger charge is 2.16. The third kappa shape index (κ3) is 2.34. The highest BCUT2D eigenvalue weighted by molar-refractivity contribution is 14.1. The summed E-state index contributed by atoms with van der Waals surface area (Å²) in [6.07, 6.45) is -0.590. The van der Waals surface area contributed by atoms with E-state index in [9.17, 15) is 5.11 Å². The third-order valence-electron chi connectivity index (χ3n) is 3.63. The average molecular weight is 374 g/mol. The maximum Gasteiger partial charge on any atom is 0.106 e. The van der Waals surface area contributed by atoms with E-state index >= 15 is 0 Å². The largest absolute Gasteiger partial charge is 0.384 e. The number of hydrogen-bond donors (Lipinski definition) is 1. The molecule has 3 rings (SSSR count). The fourth-order valence-corrected chi connectivity index (χ4v) is 3.19. The van der Waals surface area contributed by atoms with Gasteiger partial charge in [-0.1, -0.05) is 60.7 Å². The minimum Gasteiger partial charge on any atom is -0.384 e. The van der Waals surface area contributed by atoms with E-state index < -0.39 is 6.10 Å². The van der Waals surface area contributed by atoms with E-state index in [1.54, 1.807) is 0 Å². The van der Waals surface area contributed by atoms with Gasteiger partial charge in [0.2, 0.25) is 0 Å². The number of aliphatic hydroxyl groups excluding tert-OH is 1. The van der Waals surface area contributed by atoms with Crippen molar-refractivity contribution in [2.24, 2.45) is 0 Å². The van der Waals surface area contributed by atoms with Gasteiger partial charge in [0.25, 0.3) is 0 Å². The summed E-state index contributed by atoms with van der Waals surface area (Å²) in [5.74, 6) is 0. The predicted molar refractivity (Wildman–Crippen MR) is 91.9 cm³/mol. The average Bonchev–Trinajstić information content (AvgIpc) is 2.49. The van der Waals surface area contributed by atoms with Crippen molar-refractivity contribution >= 4 is 33.4 Å². The van der Waals surface area contributed by atoms with Crippen molar-refractivity contribution < 1.29 is 5.11 Å². The maximum atomic E-state index is 10.8. The second-order valence-corrected chi connectivity index (χ2v) is 6.03. The lowest BCUT2D eigenvalue weighted by atomic mass is 9.95. The van der Waals surface area contributed by atoms with Crippen LogP contribution in [-0.4, -0.2) is 5.11 Å². The highest BCUT2D eigenvalue weighted by Crippen LogP contribution is 2.32. The van der Waals surface area contributed by atoms with Gasteiger partial charge in [-0.3, -0.25) is 0 Å². The molecule has 20 heavy (non-hydrogen) atoms. The van der Waals surface area contributed by atoms with Gasteiger partial charge in [0, 0.05) is 3.57 Å². The topological polar surface area (TPSA) is 20.2 Å². The number of aryl methyl sites for hydroxylation is 1. The first-order valence-electron chi connectivity index (χ1n) is 6.59. The molecular formula is C18H15IO. The summed E-state index contributed by atoms with van der Waals surface area (Å²) in [5.41, 5.74) is 3.14. The van der Waals surface area contributed by atoms with Crippen molar-refractivity contribution in [2.45, 2.75) is 13.0 Å².